The standard InChI is InChI=1S/C15H25N3O2/c19-11-13-20-12-1-6-17-14-4-9-18(10-5-14)15-2-7-16-8-3-15/h2-3,7-8,14,17,19H,1,4-6,9-13H2. The van der Waals surface area contributed by atoms with Crippen LogP contribution in [0, 0.1) is 0 Å². The molecule has 2 N–H and O–H groups in total. The maximum absolute atomic E-state index is 8.60. The second kappa shape index (κ2) is 8.89. The Morgan fingerprint density at radius 2 is 2.00 bits per heavy atom. The number of anilines is 1. The number of hydrogen-bond donors (Lipinski definition) is 2. The molecule has 2 heterocycles. The summed E-state index contributed by atoms with van der Waals surface area (Å²) in [4.78, 5) is 6.48. The molecule has 5 heteroatoms. The molecule has 0 radical (unpaired) electrons. The van der Waals surface area contributed by atoms with Gasteiger partial charge in [-0.25, -0.2) is 0 Å². The normalized spacial score (nSPS) is 16.6. The first-order valence-corrected chi connectivity index (χ1v) is 7.47. The second-order valence-electron chi connectivity index (χ2n) is 5.11. The zero-order valence-electron chi connectivity index (χ0n) is 12.0. The Hall–Kier alpha value is -1.17. The summed E-state index contributed by atoms with van der Waals surface area (Å²) >= 11 is 0. The number of nitrogens with zero attached hydrogens (tertiary/aromatic N) is 2. The van der Waals surface area contributed by atoms with Crippen molar-refractivity contribution < 1.29 is 9.84 Å². The van der Waals surface area contributed by atoms with Crippen LogP contribution in [-0.4, -0.2) is 55.6 Å². The van der Waals surface area contributed by atoms with Gasteiger partial charge in [0.1, 0.15) is 0 Å². The molecular formula is C15H25N3O2. The molecule has 1 aliphatic rings. The zero-order valence-corrected chi connectivity index (χ0v) is 12.0. The average Bonchev–Trinajstić information content (AvgIpc) is 2.52. The number of ether oxygens (including phenoxy) is 1. The van der Waals surface area contributed by atoms with Crippen LogP contribution >= 0.6 is 0 Å². The van der Waals surface area contributed by atoms with Gasteiger partial charge in [0.2, 0.25) is 0 Å². The van der Waals surface area contributed by atoms with E-state index in [4.69, 9.17) is 9.84 Å². The van der Waals surface area contributed by atoms with Gasteiger partial charge in [0.15, 0.2) is 0 Å². The molecule has 0 bridgehead atoms. The molecule has 1 fully saturated rings. The Labute approximate surface area is 121 Å². The summed E-state index contributed by atoms with van der Waals surface area (Å²) in [5.41, 5.74) is 1.27. The predicted octanol–water partition coefficient (Wildman–Crippen LogP) is 1.04. The van der Waals surface area contributed by atoms with Gasteiger partial charge >= 0.3 is 0 Å². The van der Waals surface area contributed by atoms with Gasteiger partial charge in [-0.3, -0.25) is 4.98 Å². The van der Waals surface area contributed by atoms with Crippen molar-refractivity contribution in [2.24, 2.45) is 0 Å². The number of aromatic nitrogens is 1. The van der Waals surface area contributed by atoms with Crippen LogP contribution in [0.3, 0.4) is 0 Å². The third-order valence-electron chi connectivity index (χ3n) is 3.66. The third-order valence-corrected chi connectivity index (χ3v) is 3.66. The van der Waals surface area contributed by atoms with E-state index in [2.05, 4.69) is 27.3 Å². The quantitative estimate of drug-likeness (QED) is 0.696. The number of rotatable bonds is 8. The lowest BCUT2D eigenvalue weighted by Gasteiger charge is -2.34. The predicted molar refractivity (Wildman–Crippen MR) is 80.0 cm³/mol. The number of aliphatic hydroxyl groups excluding tert-OH is 1. The van der Waals surface area contributed by atoms with E-state index in [1.54, 1.807) is 0 Å². The van der Waals surface area contributed by atoms with Gasteiger partial charge < -0.3 is 20.1 Å². The van der Waals surface area contributed by atoms with Crippen LogP contribution < -0.4 is 10.2 Å². The summed E-state index contributed by atoms with van der Waals surface area (Å²) in [6, 6.07) is 4.77. The molecule has 0 aromatic carbocycles. The van der Waals surface area contributed by atoms with Crippen molar-refractivity contribution >= 4 is 5.69 Å². The maximum Gasteiger partial charge on any atom is 0.0697 e. The van der Waals surface area contributed by atoms with E-state index >= 15 is 0 Å². The topological polar surface area (TPSA) is 57.6 Å². The van der Waals surface area contributed by atoms with E-state index in [0.29, 0.717) is 12.6 Å². The third kappa shape index (κ3) is 5.07. The van der Waals surface area contributed by atoms with E-state index < -0.39 is 0 Å². The Bertz CT molecular complexity index is 353. The van der Waals surface area contributed by atoms with Crippen molar-refractivity contribution in [1.29, 1.82) is 0 Å². The van der Waals surface area contributed by atoms with Crippen LogP contribution in [0.2, 0.25) is 0 Å². The minimum Gasteiger partial charge on any atom is -0.394 e. The fourth-order valence-electron chi connectivity index (χ4n) is 2.54. The van der Waals surface area contributed by atoms with Crippen LogP contribution in [0.1, 0.15) is 19.3 Å². The Morgan fingerprint density at radius 1 is 1.25 bits per heavy atom. The highest BCUT2D eigenvalue weighted by Crippen LogP contribution is 2.18. The number of piperidine rings is 1. The molecule has 0 atom stereocenters. The van der Waals surface area contributed by atoms with Crippen LogP contribution in [0.15, 0.2) is 24.5 Å². The van der Waals surface area contributed by atoms with Gasteiger partial charge in [0.25, 0.3) is 0 Å². The lowest BCUT2D eigenvalue weighted by molar-refractivity contribution is 0.0902. The Morgan fingerprint density at radius 3 is 2.70 bits per heavy atom. The summed E-state index contributed by atoms with van der Waals surface area (Å²) in [6.07, 6.45) is 7.07. The molecule has 0 saturated carbocycles. The Kier molecular flexibility index (Phi) is 6.77. The lowest BCUT2D eigenvalue weighted by atomic mass is 10.0. The van der Waals surface area contributed by atoms with Crippen LogP contribution in [0.4, 0.5) is 5.69 Å². The largest absolute Gasteiger partial charge is 0.394 e. The molecule has 1 saturated heterocycles. The van der Waals surface area contributed by atoms with Crippen LogP contribution in [0.5, 0.6) is 0 Å². The number of pyridine rings is 1. The summed E-state index contributed by atoms with van der Waals surface area (Å²) in [5, 5.41) is 12.2. The minimum absolute atomic E-state index is 0.112. The summed E-state index contributed by atoms with van der Waals surface area (Å²) < 4.78 is 5.24. The fourth-order valence-corrected chi connectivity index (χ4v) is 2.54. The fraction of sp³-hybridized carbons (Fsp3) is 0.667. The first-order valence-electron chi connectivity index (χ1n) is 7.47. The van der Waals surface area contributed by atoms with E-state index in [1.807, 2.05) is 12.4 Å². The smallest absolute Gasteiger partial charge is 0.0697 e. The van der Waals surface area contributed by atoms with Gasteiger partial charge in [-0.2, -0.15) is 0 Å². The van der Waals surface area contributed by atoms with Crippen LogP contribution in [0.25, 0.3) is 0 Å². The highest BCUT2D eigenvalue weighted by atomic mass is 16.5. The lowest BCUT2D eigenvalue weighted by Crippen LogP contribution is -2.43. The molecule has 0 aliphatic carbocycles. The number of hydrogen-bond acceptors (Lipinski definition) is 5. The highest BCUT2D eigenvalue weighted by molar-refractivity contribution is 5.44. The van der Waals surface area contributed by atoms with E-state index in [1.165, 1.54) is 18.5 Å². The summed E-state index contributed by atoms with van der Waals surface area (Å²) in [7, 11) is 0. The first kappa shape index (κ1) is 15.2. The maximum atomic E-state index is 8.60. The molecule has 0 amide bonds. The van der Waals surface area contributed by atoms with Gasteiger partial charge in [-0.15, -0.1) is 0 Å². The average molecular weight is 279 g/mol. The van der Waals surface area contributed by atoms with E-state index in [-0.39, 0.29) is 6.61 Å². The van der Waals surface area contributed by atoms with Crippen molar-refractivity contribution in [2.75, 3.05) is 44.4 Å². The molecule has 0 unspecified atom stereocenters. The van der Waals surface area contributed by atoms with Crippen molar-refractivity contribution in [2.45, 2.75) is 25.3 Å². The molecule has 0 spiro atoms. The molecule has 2 rings (SSSR count). The minimum atomic E-state index is 0.112. The number of aliphatic hydroxyl groups is 1. The van der Waals surface area contributed by atoms with Crippen molar-refractivity contribution in [3.05, 3.63) is 24.5 Å². The SMILES string of the molecule is OCCOCCCNC1CCN(c2ccncc2)CC1. The van der Waals surface area contributed by atoms with Gasteiger partial charge in [-0.05, 0) is 37.9 Å². The molecule has 1 aromatic rings. The molecule has 20 heavy (non-hydrogen) atoms. The van der Waals surface area contributed by atoms with Gasteiger partial charge in [-0.1, -0.05) is 0 Å². The monoisotopic (exact) mass is 279 g/mol. The highest BCUT2D eigenvalue weighted by Gasteiger charge is 2.18. The van der Waals surface area contributed by atoms with E-state index in [9.17, 15) is 0 Å². The second-order valence-corrected chi connectivity index (χ2v) is 5.11. The van der Waals surface area contributed by atoms with Crippen molar-refractivity contribution in [1.82, 2.24) is 10.3 Å². The molecular weight excluding hydrogens is 254 g/mol. The van der Waals surface area contributed by atoms with Crippen molar-refractivity contribution in [3.8, 4) is 0 Å². The number of nitrogens with one attached hydrogen (secondary N) is 1. The molecule has 1 aliphatic heterocycles. The molecule has 1 aromatic heterocycles. The van der Waals surface area contributed by atoms with Gasteiger partial charge in [0, 0.05) is 43.8 Å². The summed E-state index contributed by atoms with van der Waals surface area (Å²) in [6.45, 7) is 4.48. The first-order chi connectivity index (χ1) is 9.90. The zero-order chi connectivity index (χ0) is 14.0. The molecule has 112 valence electrons. The summed E-state index contributed by atoms with van der Waals surface area (Å²) in [5.74, 6) is 0. The van der Waals surface area contributed by atoms with E-state index in [0.717, 1.165) is 32.7 Å². The van der Waals surface area contributed by atoms with Crippen molar-refractivity contribution in [3.63, 3.8) is 0 Å². The Balaban J connectivity index is 1.58. The molecule has 5 nitrogen and oxygen atoms in total. The van der Waals surface area contributed by atoms with Gasteiger partial charge in [0.05, 0.1) is 13.2 Å². The van der Waals surface area contributed by atoms with Crippen LogP contribution in [-0.2, 0) is 4.74 Å².